The number of rotatable bonds is 6. The van der Waals surface area contributed by atoms with Gasteiger partial charge in [-0.15, -0.1) is 0 Å². The SMILES string of the molecule is COCCNCc1ccc(Cl)cc1N1CCNC(=O)CC1. The van der Waals surface area contributed by atoms with Crippen molar-refractivity contribution >= 4 is 23.2 Å². The van der Waals surface area contributed by atoms with E-state index in [-0.39, 0.29) is 5.91 Å². The summed E-state index contributed by atoms with van der Waals surface area (Å²) in [5.41, 5.74) is 2.29. The molecule has 0 aromatic heterocycles. The van der Waals surface area contributed by atoms with Crippen LogP contribution in [0.5, 0.6) is 0 Å². The average Bonchev–Trinajstić information content (AvgIpc) is 2.69. The number of hydrogen-bond acceptors (Lipinski definition) is 4. The molecule has 0 spiro atoms. The highest BCUT2D eigenvalue weighted by molar-refractivity contribution is 6.30. The summed E-state index contributed by atoms with van der Waals surface area (Å²) in [6.45, 7) is 4.44. The van der Waals surface area contributed by atoms with E-state index >= 15 is 0 Å². The van der Waals surface area contributed by atoms with Crippen molar-refractivity contribution in [3.05, 3.63) is 28.8 Å². The Bertz CT molecular complexity index is 482. The van der Waals surface area contributed by atoms with E-state index in [1.807, 2.05) is 18.2 Å². The number of carbonyl (C=O) groups excluding carboxylic acids is 1. The van der Waals surface area contributed by atoms with Crippen molar-refractivity contribution in [2.75, 3.05) is 44.8 Å². The molecule has 0 aliphatic carbocycles. The van der Waals surface area contributed by atoms with Crippen molar-refractivity contribution in [1.82, 2.24) is 10.6 Å². The lowest BCUT2D eigenvalue weighted by Crippen LogP contribution is -2.30. The largest absolute Gasteiger partial charge is 0.383 e. The van der Waals surface area contributed by atoms with Gasteiger partial charge in [0.25, 0.3) is 0 Å². The van der Waals surface area contributed by atoms with E-state index in [9.17, 15) is 4.79 Å². The smallest absolute Gasteiger partial charge is 0.221 e. The van der Waals surface area contributed by atoms with Gasteiger partial charge in [0.05, 0.1) is 6.61 Å². The van der Waals surface area contributed by atoms with Crippen LogP contribution in [0.1, 0.15) is 12.0 Å². The van der Waals surface area contributed by atoms with Crippen LogP contribution in [-0.2, 0) is 16.1 Å². The number of nitrogens with one attached hydrogen (secondary N) is 2. The van der Waals surface area contributed by atoms with Crippen LogP contribution in [-0.4, -0.2) is 45.8 Å². The van der Waals surface area contributed by atoms with Gasteiger partial charge in [-0.05, 0) is 17.7 Å². The zero-order valence-corrected chi connectivity index (χ0v) is 13.1. The Morgan fingerprint density at radius 3 is 3.10 bits per heavy atom. The molecule has 21 heavy (non-hydrogen) atoms. The van der Waals surface area contributed by atoms with E-state index in [1.165, 1.54) is 5.56 Å². The third kappa shape index (κ3) is 4.88. The molecule has 5 nitrogen and oxygen atoms in total. The molecule has 1 aromatic carbocycles. The summed E-state index contributed by atoms with van der Waals surface area (Å²) in [7, 11) is 1.69. The molecule has 2 rings (SSSR count). The standard InChI is InChI=1S/C15H22ClN3O2/c1-21-9-6-17-11-12-2-3-13(16)10-14(12)19-7-4-15(20)18-5-8-19/h2-3,10,17H,4-9,11H2,1H3,(H,18,20). The Hall–Kier alpha value is -1.30. The number of anilines is 1. The van der Waals surface area contributed by atoms with Gasteiger partial charge < -0.3 is 20.3 Å². The van der Waals surface area contributed by atoms with Gasteiger partial charge in [0.1, 0.15) is 0 Å². The predicted octanol–water partition coefficient (Wildman–Crippen LogP) is 1.40. The summed E-state index contributed by atoms with van der Waals surface area (Å²) < 4.78 is 5.03. The molecule has 1 amide bonds. The van der Waals surface area contributed by atoms with E-state index < -0.39 is 0 Å². The molecule has 0 atom stereocenters. The summed E-state index contributed by atoms with van der Waals surface area (Å²) in [5, 5.41) is 6.96. The quantitative estimate of drug-likeness (QED) is 0.780. The molecule has 1 fully saturated rings. The van der Waals surface area contributed by atoms with Crippen molar-refractivity contribution in [1.29, 1.82) is 0 Å². The first-order valence-corrected chi connectivity index (χ1v) is 7.58. The highest BCUT2D eigenvalue weighted by Gasteiger charge is 2.16. The number of hydrogen-bond donors (Lipinski definition) is 2. The molecular formula is C15H22ClN3O2. The zero-order chi connectivity index (χ0) is 15.1. The molecule has 116 valence electrons. The molecule has 0 radical (unpaired) electrons. The number of ether oxygens (including phenoxy) is 1. The highest BCUT2D eigenvalue weighted by Crippen LogP contribution is 2.25. The Kier molecular flexibility index (Phi) is 6.29. The van der Waals surface area contributed by atoms with Gasteiger partial charge in [-0.3, -0.25) is 4.79 Å². The van der Waals surface area contributed by atoms with Gasteiger partial charge in [-0.2, -0.15) is 0 Å². The Morgan fingerprint density at radius 1 is 1.43 bits per heavy atom. The lowest BCUT2D eigenvalue weighted by Gasteiger charge is -2.25. The number of methoxy groups -OCH3 is 1. The summed E-state index contributed by atoms with van der Waals surface area (Å²) in [5.74, 6) is 0.110. The lowest BCUT2D eigenvalue weighted by molar-refractivity contribution is -0.120. The second-order valence-electron chi connectivity index (χ2n) is 5.03. The molecule has 6 heteroatoms. The Balaban J connectivity index is 2.08. The minimum absolute atomic E-state index is 0.110. The number of amides is 1. The normalized spacial score (nSPS) is 15.7. The minimum Gasteiger partial charge on any atom is -0.383 e. The van der Waals surface area contributed by atoms with E-state index in [4.69, 9.17) is 16.3 Å². The molecule has 0 unspecified atom stereocenters. The third-order valence-electron chi connectivity index (χ3n) is 3.50. The van der Waals surface area contributed by atoms with Crippen LogP contribution in [0.25, 0.3) is 0 Å². The second-order valence-corrected chi connectivity index (χ2v) is 5.47. The van der Waals surface area contributed by atoms with Gasteiger partial charge in [0, 0.05) is 57.0 Å². The van der Waals surface area contributed by atoms with Gasteiger partial charge in [-0.25, -0.2) is 0 Å². The van der Waals surface area contributed by atoms with Crippen LogP contribution in [0.15, 0.2) is 18.2 Å². The van der Waals surface area contributed by atoms with E-state index in [0.29, 0.717) is 24.6 Å². The van der Waals surface area contributed by atoms with Crippen molar-refractivity contribution in [3.63, 3.8) is 0 Å². The maximum Gasteiger partial charge on any atom is 0.221 e. The third-order valence-corrected chi connectivity index (χ3v) is 3.73. The van der Waals surface area contributed by atoms with E-state index in [0.717, 1.165) is 31.9 Å². The molecule has 2 N–H and O–H groups in total. The van der Waals surface area contributed by atoms with Crippen molar-refractivity contribution in [2.24, 2.45) is 0 Å². The first-order valence-electron chi connectivity index (χ1n) is 7.20. The predicted molar refractivity (Wildman–Crippen MR) is 84.9 cm³/mol. The maximum atomic E-state index is 11.5. The minimum atomic E-state index is 0.110. The van der Waals surface area contributed by atoms with Crippen LogP contribution in [0, 0.1) is 0 Å². The summed E-state index contributed by atoms with van der Waals surface area (Å²) in [6.07, 6.45) is 0.517. The molecule has 1 aliphatic rings. The monoisotopic (exact) mass is 311 g/mol. The Labute approximate surface area is 130 Å². The number of nitrogens with zero attached hydrogens (tertiary/aromatic N) is 1. The summed E-state index contributed by atoms with van der Waals surface area (Å²) in [6, 6.07) is 5.92. The molecule has 1 saturated heterocycles. The maximum absolute atomic E-state index is 11.5. The number of benzene rings is 1. The number of halogens is 1. The fraction of sp³-hybridized carbons (Fsp3) is 0.533. The fourth-order valence-corrected chi connectivity index (χ4v) is 2.55. The molecular weight excluding hydrogens is 290 g/mol. The van der Waals surface area contributed by atoms with Crippen LogP contribution < -0.4 is 15.5 Å². The van der Waals surface area contributed by atoms with Crippen LogP contribution in [0.3, 0.4) is 0 Å². The lowest BCUT2D eigenvalue weighted by atomic mass is 10.1. The van der Waals surface area contributed by atoms with Crippen molar-refractivity contribution in [3.8, 4) is 0 Å². The second kappa shape index (κ2) is 8.22. The molecule has 0 bridgehead atoms. The summed E-state index contributed by atoms with van der Waals surface area (Å²) >= 11 is 6.14. The average molecular weight is 312 g/mol. The molecule has 1 aliphatic heterocycles. The van der Waals surface area contributed by atoms with E-state index in [2.05, 4.69) is 15.5 Å². The fourth-order valence-electron chi connectivity index (χ4n) is 2.39. The molecule has 0 saturated carbocycles. The van der Waals surface area contributed by atoms with Gasteiger partial charge in [0.2, 0.25) is 5.91 Å². The topological polar surface area (TPSA) is 53.6 Å². The van der Waals surface area contributed by atoms with Crippen LogP contribution >= 0.6 is 11.6 Å². The first-order chi connectivity index (χ1) is 10.2. The van der Waals surface area contributed by atoms with Crippen molar-refractivity contribution in [2.45, 2.75) is 13.0 Å². The van der Waals surface area contributed by atoms with Gasteiger partial charge in [0.15, 0.2) is 0 Å². The summed E-state index contributed by atoms with van der Waals surface area (Å²) in [4.78, 5) is 13.7. The Morgan fingerprint density at radius 2 is 2.29 bits per heavy atom. The van der Waals surface area contributed by atoms with E-state index in [1.54, 1.807) is 7.11 Å². The zero-order valence-electron chi connectivity index (χ0n) is 12.3. The molecule has 1 aromatic rings. The molecule has 1 heterocycles. The van der Waals surface area contributed by atoms with Crippen LogP contribution in [0.2, 0.25) is 5.02 Å². The van der Waals surface area contributed by atoms with Gasteiger partial charge in [-0.1, -0.05) is 17.7 Å². The first kappa shape index (κ1) is 16.1. The highest BCUT2D eigenvalue weighted by atomic mass is 35.5. The number of carbonyl (C=O) groups is 1. The van der Waals surface area contributed by atoms with Crippen LogP contribution in [0.4, 0.5) is 5.69 Å². The van der Waals surface area contributed by atoms with Gasteiger partial charge >= 0.3 is 0 Å². The van der Waals surface area contributed by atoms with Crippen molar-refractivity contribution < 1.29 is 9.53 Å².